The Hall–Kier alpha value is -2.74. The highest BCUT2D eigenvalue weighted by Gasteiger charge is 2.30. The maximum Gasteiger partial charge on any atom is 0.282 e. The zero-order valence-electron chi connectivity index (χ0n) is 14.9. The molecule has 1 aliphatic carbocycles. The van der Waals surface area contributed by atoms with Crippen LogP contribution in [0.2, 0.25) is 5.02 Å². The summed E-state index contributed by atoms with van der Waals surface area (Å²) < 4.78 is 28.9. The fourth-order valence-electron chi connectivity index (χ4n) is 3.05. The van der Waals surface area contributed by atoms with E-state index in [0.717, 1.165) is 18.4 Å². The van der Waals surface area contributed by atoms with Crippen LogP contribution in [-0.4, -0.2) is 25.5 Å². The Morgan fingerprint density at radius 1 is 1.25 bits per heavy atom. The Balaban J connectivity index is 1.40. The van der Waals surface area contributed by atoms with Crippen LogP contribution in [0, 0.1) is 0 Å². The van der Waals surface area contributed by atoms with Crippen molar-refractivity contribution in [2.75, 3.05) is 5.32 Å². The number of rotatable bonds is 7. The van der Waals surface area contributed by atoms with Crippen molar-refractivity contribution in [2.45, 2.75) is 38.3 Å². The quantitative estimate of drug-likeness (QED) is 0.639. The first kappa shape index (κ1) is 18.6. The van der Waals surface area contributed by atoms with Gasteiger partial charge < -0.3 is 5.32 Å². The first-order valence-electron chi connectivity index (χ1n) is 8.91. The van der Waals surface area contributed by atoms with E-state index in [1.54, 1.807) is 23.0 Å². The lowest BCUT2D eigenvalue weighted by molar-refractivity contribution is -0.117. The monoisotopic (exact) mass is 405 g/mol. The molecule has 6 nitrogen and oxygen atoms in total. The number of benzene rings is 1. The van der Waals surface area contributed by atoms with E-state index in [4.69, 9.17) is 11.6 Å². The van der Waals surface area contributed by atoms with E-state index in [1.165, 1.54) is 10.7 Å². The summed E-state index contributed by atoms with van der Waals surface area (Å²) in [5.74, 6) is 0.241. The Morgan fingerprint density at radius 2 is 2.07 bits per heavy atom. The van der Waals surface area contributed by atoms with E-state index in [-0.39, 0.29) is 24.1 Å². The lowest BCUT2D eigenvalue weighted by Crippen LogP contribution is -2.21. The van der Waals surface area contributed by atoms with E-state index in [9.17, 15) is 13.6 Å². The van der Waals surface area contributed by atoms with Crippen LogP contribution in [0.3, 0.4) is 0 Å². The zero-order chi connectivity index (χ0) is 19.7. The molecule has 4 rings (SSSR count). The molecule has 28 heavy (non-hydrogen) atoms. The lowest BCUT2D eigenvalue weighted by Gasteiger charge is -2.06. The zero-order valence-corrected chi connectivity index (χ0v) is 15.6. The van der Waals surface area contributed by atoms with Gasteiger partial charge in [-0.15, -0.1) is 0 Å². The lowest BCUT2D eigenvalue weighted by atomic mass is 10.2. The van der Waals surface area contributed by atoms with E-state index in [0.29, 0.717) is 23.1 Å². The molecule has 1 aromatic carbocycles. The summed E-state index contributed by atoms with van der Waals surface area (Å²) in [7, 11) is 0. The molecule has 1 saturated carbocycles. The molecular formula is C19H18ClF2N5O. The molecule has 1 N–H and O–H groups in total. The highest BCUT2D eigenvalue weighted by atomic mass is 35.5. The SMILES string of the molecule is O=C(Cn1nc(C(F)F)cc1C1CC1)Nc1ccn(Cc2cccc(Cl)c2)n1. The van der Waals surface area contributed by atoms with Gasteiger partial charge in [-0.2, -0.15) is 10.2 Å². The molecular weight excluding hydrogens is 388 g/mol. The average molecular weight is 406 g/mol. The summed E-state index contributed by atoms with van der Waals surface area (Å²) in [4.78, 5) is 12.3. The van der Waals surface area contributed by atoms with Gasteiger partial charge in [-0.05, 0) is 36.6 Å². The van der Waals surface area contributed by atoms with Gasteiger partial charge >= 0.3 is 0 Å². The maximum atomic E-state index is 12.9. The molecule has 1 aliphatic rings. The summed E-state index contributed by atoms with van der Waals surface area (Å²) in [5, 5.41) is 11.5. The predicted octanol–water partition coefficient (Wildman–Crippen LogP) is 4.24. The van der Waals surface area contributed by atoms with E-state index in [1.807, 2.05) is 18.2 Å². The second-order valence-corrected chi connectivity index (χ2v) is 7.24. The van der Waals surface area contributed by atoms with Gasteiger partial charge in [0.25, 0.3) is 6.43 Å². The van der Waals surface area contributed by atoms with Crippen molar-refractivity contribution >= 4 is 23.3 Å². The number of aromatic nitrogens is 4. The highest BCUT2D eigenvalue weighted by Crippen LogP contribution is 2.41. The van der Waals surface area contributed by atoms with E-state index >= 15 is 0 Å². The third-order valence-electron chi connectivity index (χ3n) is 4.48. The minimum Gasteiger partial charge on any atom is -0.308 e. The van der Waals surface area contributed by atoms with Crippen LogP contribution >= 0.6 is 11.6 Å². The number of amides is 1. The topological polar surface area (TPSA) is 64.7 Å². The van der Waals surface area contributed by atoms with Gasteiger partial charge in [0.1, 0.15) is 12.2 Å². The Bertz CT molecular complexity index is 996. The number of anilines is 1. The summed E-state index contributed by atoms with van der Waals surface area (Å²) in [6.07, 6.45) is 0.965. The summed E-state index contributed by atoms with van der Waals surface area (Å²) in [6, 6.07) is 10.5. The number of alkyl halides is 2. The average Bonchev–Trinajstić information content (AvgIpc) is 3.25. The van der Waals surface area contributed by atoms with Crippen LogP contribution in [0.1, 0.15) is 42.1 Å². The minimum absolute atomic E-state index is 0.125. The van der Waals surface area contributed by atoms with Gasteiger partial charge in [0.2, 0.25) is 5.91 Å². The third-order valence-corrected chi connectivity index (χ3v) is 4.72. The molecule has 0 saturated heterocycles. The standard InChI is InChI=1S/C19H18ClF2N5O/c20-14-3-1-2-12(8-14)10-26-7-6-17(25-26)23-18(28)11-27-16(13-4-5-13)9-15(24-27)19(21)22/h1-3,6-9,13,19H,4-5,10-11H2,(H,23,25,28). The summed E-state index contributed by atoms with van der Waals surface area (Å²) in [5.41, 5.74) is 1.39. The van der Waals surface area contributed by atoms with Gasteiger partial charge in [0.05, 0.1) is 6.54 Å². The van der Waals surface area contributed by atoms with Gasteiger partial charge in [-0.25, -0.2) is 8.78 Å². The molecule has 0 radical (unpaired) electrons. The van der Waals surface area contributed by atoms with Gasteiger partial charge in [0, 0.05) is 28.9 Å². The fourth-order valence-corrected chi connectivity index (χ4v) is 3.26. The van der Waals surface area contributed by atoms with Crippen molar-refractivity contribution in [3.8, 4) is 0 Å². The molecule has 0 bridgehead atoms. The highest BCUT2D eigenvalue weighted by molar-refractivity contribution is 6.30. The molecule has 2 aromatic heterocycles. The number of halogens is 3. The summed E-state index contributed by atoms with van der Waals surface area (Å²) >= 11 is 5.98. The third kappa shape index (κ3) is 4.39. The van der Waals surface area contributed by atoms with Gasteiger partial charge in [-0.1, -0.05) is 23.7 Å². The first-order chi connectivity index (χ1) is 13.5. The fraction of sp³-hybridized carbons (Fsp3) is 0.316. The van der Waals surface area contributed by atoms with Gasteiger partial charge in [-0.3, -0.25) is 14.2 Å². The normalized spacial score (nSPS) is 13.9. The molecule has 3 aromatic rings. The minimum atomic E-state index is -2.65. The predicted molar refractivity (Wildman–Crippen MR) is 101 cm³/mol. The Labute approximate surface area is 165 Å². The second-order valence-electron chi connectivity index (χ2n) is 6.80. The molecule has 0 spiro atoms. The first-order valence-corrected chi connectivity index (χ1v) is 9.29. The molecule has 9 heteroatoms. The number of hydrogen-bond donors (Lipinski definition) is 1. The van der Waals surface area contributed by atoms with Crippen molar-refractivity contribution in [3.05, 3.63) is 64.6 Å². The Kier molecular flexibility index (Phi) is 5.13. The largest absolute Gasteiger partial charge is 0.308 e. The van der Waals surface area contributed by atoms with Crippen LogP contribution in [0.4, 0.5) is 14.6 Å². The molecule has 1 amide bonds. The van der Waals surface area contributed by atoms with E-state index < -0.39 is 6.43 Å². The van der Waals surface area contributed by atoms with Crippen LogP contribution in [0.5, 0.6) is 0 Å². The number of carbonyl (C=O) groups is 1. The van der Waals surface area contributed by atoms with Crippen molar-refractivity contribution < 1.29 is 13.6 Å². The molecule has 0 aliphatic heterocycles. The van der Waals surface area contributed by atoms with Crippen molar-refractivity contribution in [1.29, 1.82) is 0 Å². The van der Waals surface area contributed by atoms with Crippen molar-refractivity contribution in [3.63, 3.8) is 0 Å². The van der Waals surface area contributed by atoms with Crippen molar-refractivity contribution in [2.24, 2.45) is 0 Å². The molecule has 146 valence electrons. The van der Waals surface area contributed by atoms with Crippen LogP contribution < -0.4 is 5.32 Å². The van der Waals surface area contributed by atoms with Gasteiger partial charge in [0.15, 0.2) is 5.82 Å². The molecule has 1 fully saturated rings. The smallest absolute Gasteiger partial charge is 0.282 e. The van der Waals surface area contributed by atoms with E-state index in [2.05, 4.69) is 15.5 Å². The Morgan fingerprint density at radius 3 is 2.79 bits per heavy atom. The number of hydrogen-bond acceptors (Lipinski definition) is 3. The number of carbonyl (C=O) groups excluding carboxylic acids is 1. The number of nitrogens with zero attached hydrogens (tertiary/aromatic N) is 4. The number of nitrogens with one attached hydrogen (secondary N) is 1. The van der Waals surface area contributed by atoms with Crippen LogP contribution in [0.15, 0.2) is 42.6 Å². The molecule has 0 atom stereocenters. The maximum absolute atomic E-state index is 12.9. The molecule has 0 unspecified atom stereocenters. The second kappa shape index (κ2) is 7.71. The summed E-state index contributed by atoms with van der Waals surface area (Å²) in [6.45, 7) is 0.388. The van der Waals surface area contributed by atoms with Crippen molar-refractivity contribution in [1.82, 2.24) is 19.6 Å². The van der Waals surface area contributed by atoms with Crippen LogP contribution in [-0.2, 0) is 17.9 Å². The van der Waals surface area contributed by atoms with Crippen LogP contribution in [0.25, 0.3) is 0 Å². The molecule has 2 heterocycles.